The molecule has 1 aliphatic heterocycles. The number of carbonyl (C=O) groups is 2. The molecule has 0 aromatic heterocycles. The van der Waals surface area contributed by atoms with Crippen LogP contribution >= 0.6 is 0 Å². The van der Waals surface area contributed by atoms with Gasteiger partial charge in [0.1, 0.15) is 0 Å². The minimum Gasteiger partial charge on any atom is -0.467 e. The molecule has 0 bridgehead atoms. The first kappa shape index (κ1) is 15.9. The van der Waals surface area contributed by atoms with Crippen molar-refractivity contribution in [3.63, 3.8) is 0 Å². The first-order valence-corrected chi connectivity index (χ1v) is 6.60. The highest BCUT2D eigenvalue weighted by Crippen LogP contribution is 2.25. The largest absolute Gasteiger partial charge is 0.467 e. The van der Waals surface area contributed by atoms with Gasteiger partial charge in [-0.25, -0.2) is 9.59 Å². The fourth-order valence-electron chi connectivity index (χ4n) is 1.97. The summed E-state index contributed by atoms with van der Waals surface area (Å²) in [5.74, 6) is -1.24. The number of esters is 2. The number of hydrogen-bond acceptors (Lipinski definition) is 6. The average Bonchev–Trinajstić information content (AvgIpc) is 2.86. The average molecular weight is 274 g/mol. The molecule has 0 aromatic rings. The van der Waals surface area contributed by atoms with Gasteiger partial charge in [0.05, 0.1) is 14.2 Å². The summed E-state index contributed by atoms with van der Waals surface area (Å²) < 4.78 is 20.1. The SMILES string of the molecule is CCCCCCC1OC(C(=O)OC)C(C(=O)OC)O1. The van der Waals surface area contributed by atoms with Crippen molar-refractivity contribution >= 4 is 11.9 Å². The van der Waals surface area contributed by atoms with Crippen LogP contribution in [0.2, 0.25) is 0 Å². The summed E-state index contributed by atoms with van der Waals surface area (Å²) in [5.41, 5.74) is 0. The lowest BCUT2D eigenvalue weighted by atomic mass is 10.1. The van der Waals surface area contributed by atoms with E-state index in [-0.39, 0.29) is 0 Å². The molecule has 2 atom stereocenters. The van der Waals surface area contributed by atoms with Gasteiger partial charge < -0.3 is 18.9 Å². The molecule has 0 spiro atoms. The molecule has 0 radical (unpaired) electrons. The Bertz CT molecular complexity index is 280. The van der Waals surface area contributed by atoms with Crippen molar-refractivity contribution in [3.8, 4) is 0 Å². The number of methoxy groups -OCH3 is 2. The molecule has 1 saturated heterocycles. The van der Waals surface area contributed by atoms with Crippen LogP contribution in [0.15, 0.2) is 0 Å². The highest BCUT2D eigenvalue weighted by Gasteiger charge is 2.46. The molecular weight excluding hydrogens is 252 g/mol. The number of carbonyl (C=O) groups excluding carboxylic acids is 2. The van der Waals surface area contributed by atoms with Crippen molar-refractivity contribution in [2.24, 2.45) is 0 Å². The Morgan fingerprint density at radius 3 is 1.89 bits per heavy atom. The van der Waals surface area contributed by atoms with E-state index in [9.17, 15) is 9.59 Å². The van der Waals surface area contributed by atoms with Crippen molar-refractivity contribution in [2.45, 2.75) is 57.5 Å². The first-order valence-electron chi connectivity index (χ1n) is 6.60. The Hall–Kier alpha value is -1.14. The molecule has 2 unspecified atom stereocenters. The van der Waals surface area contributed by atoms with Crippen LogP contribution in [0.5, 0.6) is 0 Å². The summed E-state index contributed by atoms with van der Waals surface area (Å²) in [5, 5.41) is 0. The van der Waals surface area contributed by atoms with E-state index in [4.69, 9.17) is 9.47 Å². The maximum atomic E-state index is 11.5. The van der Waals surface area contributed by atoms with Crippen LogP contribution in [0, 0.1) is 0 Å². The van der Waals surface area contributed by atoms with Gasteiger partial charge in [-0.2, -0.15) is 0 Å². The van der Waals surface area contributed by atoms with E-state index in [0.717, 1.165) is 25.7 Å². The van der Waals surface area contributed by atoms with Crippen LogP contribution in [0.1, 0.15) is 39.0 Å². The van der Waals surface area contributed by atoms with Crippen molar-refractivity contribution in [2.75, 3.05) is 14.2 Å². The van der Waals surface area contributed by atoms with E-state index < -0.39 is 30.4 Å². The zero-order chi connectivity index (χ0) is 14.3. The second-order valence-electron chi connectivity index (χ2n) is 4.44. The summed E-state index contributed by atoms with van der Waals surface area (Å²) in [4.78, 5) is 23.1. The molecular formula is C13H22O6. The molecule has 0 aromatic carbocycles. The van der Waals surface area contributed by atoms with Crippen molar-refractivity contribution in [3.05, 3.63) is 0 Å². The molecule has 1 fully saturated rings. The first-order chi connectivity index (χ1) is 9.13. The van der Waals surface area contributed by atoms with Crippen LogP contribution < -0.4 is 0 Å². The van der Waals surface area contributed by atoms with Crippen molar-refractivity contribution in [1.29, 1.82) is 0 Å². The normalized spacial score (nSPS) is 26.2. The Morgan fingerprint density at radius 1 is 0.947 bits per heavy atom. The highest BCUT2D eigenvalue weighted by atomic mass is 16.8. The molecule has 110 valence electrons. The summed E-state index contributed by atoms with van der Waals surface area (Å²) in [6.45, 7) is 2.13. The van der Waals surface area contributed by atoms with Crippen LogP contribution in [0.25, 0.3) is 0 Å². The van der Waals surface area contributed by atoms with E-state index >= 15 is 0 Å². The predicted molar refractivity (Wildman–Crippen MR) is 66.3 cm³/mol. The van der Waals surface area contributed by atoms with Crippen LogP contribution in [0.3, 0.4) is 0 Å². The zero-order valence-corrected chi connectivity index (χ0v) is 11.7. The van der Waals surface area contributed by atoms with Gasteiger partial charge >= 0.3 is 11.9 Å². The third-order valence-corrected chi connectivity index (χ3v) is 3.03. The number of ether oxygens (including phenoxy) is 4. The van der Waals surface area contributed by atoms with Crippen LogP contribution in [-0.4, -0.2) is 44.7 Å². The molecule has 0 N–H and O–H groups in total. The Morgan fingerprint density at radius 2 is 1.47 bits per heavy atom. The molecule has 6 nitrogen and oxygen atoms in total. The monoisotopic (exact) mass is 274 g/mol. The van der Waals surface area contributed by atoms with Gasteiger partial charge in [-0.1, -0.05) is 26.2 Å². The lowest BCUT2D eigenvalue weighted by Crippen LogP contribution is -2.38. The van der Waals surface area contributed by atoms with Gasteiger partial charge in [0.25, 0.3) is 0 Å². The van der Waals surface area contributed by atoms with E-state index in [1.807, 2.05) is 0 Å². The Kier molecular flexibility index (Phi) is 6.80. The van der Waals surface area contributed by atoms with Crippen molar-refractivity contribution in [1.82, 2.24) is 0 Å². The maximum Gasteiger partial charge on any atom is 0.338 e. The third-order valence-electron chi connectivity index (χ3n) is 3.03. The minimum atomic E-state index is -1.03. The number of unbranched alkanes of at least 4 members (excludes halogenated alkanes) is 3. The highest BCUT2D eigenvalue weighted by molar-refractivity contribution is 5.86. The topological polar surface area (TPSA) is 71.1 Å². The minimum absolute atomic E-state index is 0.551. The van der Waals surface area contributed by atoms with E-state index in [1.165, 1.54) is 14.2 Å². The fraction of sp³-hybridized carbons (Fsp3) is 0.846. The van der Waals surface area contributed by atoms with Gasteiger partial charge in [0, 0.05) is 0 Å². The number of rotatable bonds is 7. The quantitative estimate of drug-likeness (QED) is 0.516. The molecule has 0 saturated carbocycles. The lowest BCUT2D eigenvalue weighted by molar-refractivity contribution is -0.160. The van der Waals surface area contributed by atoms with E-state index in [0.29, 0.717) is 6.42 Å². The lowest BCUT2D eigenvalue weighted by Gasteiger charge is -2.11. The summed E-state index contributed by atoms with van der Waals surface area (Å²) in [7, 11) is 2.49. The molecule has 0 aliphatic carbocycles. The Labute approximate surface area is 113 Å². The second kappa shape index (κ2) is 8.12. The van der Waals surface area contributed by atoms with Crippen LogP contribution in [-0.2, 0) is 28.5 Å². The predicted octanol–water partition coefficient (Wildman–Crippen LogP) is 1.41. The Balaban J connectivity index is 2.51. The summed E-state index contributed by atoms with van der Waals surface area (Å²) in [6, 6.07) is 0. The molecule has 6 heteroatoms. The molecule has 1 rings (SSSR count). The van der Waals surface area contributed by atoms with Gasteiger partial charge in [-0.15, -0.1) is 0 Å². The number of hydrogen-bond donors (Lipinski definition) is 0. The molecule has 19 heavy (non-hydrogen) atoms. The van der Waals surface area contributed by atoms with Crippen molar-refractivity contribution < 1.29 is 28.5 Å². The summed E-state index contributed by atoms with van der Waals surface area (Å²) >= 11 is 0. The third kappa shape index (κ3) is 4.47. The van der Waals surface area contributed by atoms with Gasteiger partial charge in [-0.3, -0.25) is 0 Å². The zero-order valence-electron chi connectivity index (χ0n) is 11.7. The standard InChI is InChI=1S/C13H22O6/c1-4-5-6-7-8-9-18-10(12(14)16-2)11(19-9)13(15)17-3/h9-11H,4-8H2,1-3H3. The van der Waals surface area contributed by atoms with E-state index in [2.05, 4.69) is 16.4 Å². The second-order valence-corrected chi connectivity index (χ2v) is 4.44. The maximum absolute atomic E-state index is 11.5. The summed E-state index contributed by atoms with van der Waals surface area (Å²) in [6.07, 6.45) is 2.33. The molecule has 1 aliphatic rings. The smallest absolute Gasteiger partial charge is 0.338 e. The van der Waals surface area contributed by atoms with Gasteiger partial charge in [0.15, 0.2) is 18.5 Å². The fourth-order valence-corrected chi connectivity index (χ4v) is 1.97. The molecule has 0 amide bonds. The van der Waals surface area contributed by atoms with Gasteiger partial charge in [-0.05, 0) is 12.8 Å². The van der Waals surface area contributed by atoms with Gasteiger partial charge in [0.2, 0.25) is 0 Å². The van der Waals surface area contributed by atoms with E-state index in [1.54, 1.807) is 0 Å². The molecule has 1 heterocycles. The van der Waals surface area contributed by atoms with Crippen LogP contribution in [0.4, 0.5) is 0 Å².